The maximum Gasteiger partial charge on any atom is 0.416 e. The Morgan fingerprint density at radius 3 is 2.39 bits per heavy atom. The molecular formula is C16H11F3N4O3S2. The maximum absolute atomic E-state index is 12.8. The van der Waals surface area contributed by atoms with Gasteiger partial charge in [0.05, 0.1) is 5.56 Å². The normalized spacial score (nSPS) is 11.8. The Balaban J connectivity index is 1.76. The first-order valence-corrected chi connectivity index (χ1v) is 9.85. The highest BCUT2D eigenvalue weighted by Gasteiger charge is 2.31. The number of hydrogen-bond donors (Lipinski definition) is 2. The monoisotopic (exact) mass is 428 g/mol. The fourth-order valence-electron chi connectivity index (χ4n) is 2.09. The second-order valence-corrected chi connectivity index (χ2v) is 8.21. The molecule has 28 heavy (non-hydrogen) atoms. The summed E-state index contributed by atoms with van der Waals surface area (Å²) in [5, 5.41) is 9.40. The molecule has 1 aromatic heterocycles. The molecule has 0 saturated carbocycles. The van der Waals surface area contributed by atoms with Crippen molar-refractivity contribution in [2.45, 2.75) is 10.5 Å². The summed E-state index contributed by atoms with van der Waals surface area (Å²) < 4.78 is 64.4. The van der Waals surface area contributed by atoms with Crippen LogP contribution in [0.1, 0.15) is 15.9 Å². The molecule has 2 N–H and O–H groups in total. The fourth-order valence-corrected chi connectivity index (χ4v) is 4.03. The lowest BCUT2D eigenvalue weighted by atomic mass is 10.2. The van der Waals surface area contributed by atoms with Gasteiger partial charge in [-0.1, -0.05) is 35.6 Å². The number of sulfonamides is 1. The molecule has 0 spiro atoms. The largest absolute Gasteiger partial charge is 0.416 e. The van der Waals surface area contributed by atoms with Gasteiger partial charge in [0.2, 0.25) is 5.13 Å². The zero-order chi connectivity index (χ0) is 20.4. The highest BCUT2D eigenvalue weighted by Crippen LogP contribution is 2.31. The van der Waals surface area contributed by atoms with Crippen molar-refractivity contribution < 1.29 is 26.4 Å². The van der Waals surface area contributed by atoms with E-state index in [0.717, 1.165) is 12.1 Å². The third kappa shape index (κ3) is 4.64. The van der Waals surface area contributed by atoms with Crippen molar-refractivity contribution in [3.8, 4) is 0 Å². The fraction of sp³-hybridized carbons (Fsp3) is 0.0625. The number of nitrogens with one attached hydrogen (secondary N) is 2. The molecule has 0 aliphatic carbocycles. The summed E-state index contributed by atoms with van der Waals surface area (Å²) in [4.78, 5) is 12.1. The van der Waals surface area contributed by atoms with Crippen LogP contribution in [-0.2, 0) is 16.2 Å². The van der Waals surface area contributed by atoms with E-state index < -0.39 is 32.0 Å². The van der Waals surface area contributed by atoms with Gasteiger partial charge in [-0.3, -0.25) is 14.8 Å². The number of hydrogen-bond acceptors (Lipinski definition) is 6. The van der Waals surface area contributed by atoms with Crippen molar-refractivity contribution in [1.82, 2.24) is 10.2 Å². The number of halogens is 3. The van der Waals surface area contributed by atoms with Gasteiger partial charge in [-0.05, 0) is 30.3 Å². The minimum atomic E-state index is -4.61. The van der Waals surface area contributed by atoms with Crippen LogP contribution in [0.5, 0.6) is 0 Å². The lowest BCUT2D eigenvalue weighted by molar-refractivity contribution is -0.137. The van der Waals surface area contributed by atoms with Gasteiger partial charge in [-0.15, -0.1) is 10.2 Å². The molecular weight excluding hydrogens is 417 g/mol. The van der Waals surface area contributed by atoms with E-state index in [9.17, 15) is 26.4 Å². The Kier molecular flexibility index (Phi) is 5.34. The van der Waals surface area contributed by atoms with E-state index in [1.165, 1.54) is 6.07 Å². The first-order chi connectivity index (χ1) is 13.1. The van der Waals surface area contributed by atoms with Crippen molar-refractivity contribution in [3.05, 3.63) is 65.7 Å². The molecule has 0 atom stereocenters. The molecule has 0 fully saturated rings. The number of alkyl halides is 3. The van der Waals surface area contributed by atoms with E-state index in [-0.39, 0.29) is 10.8 Å². The average molecular weight is 428 g/mol. The molecule has 0 unspecified atom stereocenters. The van der Waals surface area contributed by atoms with Crippen LogP contribution in [-0.4, -0.2) is 24.5 Å². The predicted molar refractivity (Wildman–Crippen MR) is 96.6 cm³/mol. The Labute approximate surface area is 161 Å². The summed E-state index contributed by atoms with van der Waals surface area (Å²) >= 11 is 0.565. The van der Waals surface area contributed by atoms with Crippen molar-refractivity contribution in [2.24, 2.45) is 0 Å². The number of rotatable bonds is 5. The summed E-state index contributed by atoms with van der Waals surface area (Å²) in [7, 11) is -4.28. The highest BCUT2D eigenvalue weighted by molar-refractivity contribution is 7.94. The smallest absolute Gasteiger partial charge is 0.296 e. The van der Waals surface area contributed by atoms with Crippen LogP contribution in [0.15, 0.2) is 58.9 Å². The molecule has 7 nitrogen and oxygen atoms in total. The summed E-state index contributed by atoms with van der Waals surface area (Å²) in [6.07, 6.45) is -4.61. The van der Waals surface area contributed by atoms with E-state index in [1.54, 1.807) is 30.3 Å². The second kappa shape index (κ2) is 7.56. The molecule has 1 amide bonds. The first kappa shape index (κ1) is 19.8. The minimum absolute atomic E-state index is 0.0710. The van der Waals surface area contributed by atoms with Crippen LogP contribution in [0.3, 0.4) is 0 Å². The summed E-state index contributed by atoms with van der Waals surface area (Å²) in [5.41, 5.74) is -0.940. The zero-order valence-electron chi connectivity index (χ0n) is 13.8. The predicted octanol–water partition coefficient (Wildman–Crippen LogP) is 3.61. The molecule has 0 bridgehead atoms. The van der Waals surface area contributed by atoms with Crippen LogP contribution in [0, 0.1) is 0 Å². The molecule has 3 rings (SSSR count). The van der Waals surface area contributed by atoms with Crippen molar-refractivity contribution in [3.63, 3.8) is 0 Å². The van der Waals surface area contributed by atoms with Crippen LogP contribution in [0.25, 0.3) is 0 Å². The number of carbonyl (C=O) groups is 1. The SMILES string of the molecule is O=C(Nc1nnc(S(=O)(=O)Nc2cccc(C(F)(F)F)c2)s1)c1ccccc1. The topological polar surface area (TPSA) is 101 Å². The van der Waals surface area contributed by atoms with Gasteiger partial charge in [0.1, 0.15) is 0 Å². The lowest BCUT2D eigenvalue weighted by Crippen LogP contribution is -2.14. The number of nitrogens with zero attached hydrogens (tertiary/aromatic N) is 2. The lowest BCUT2D eigenvalue weighted by Gasteiger charge is -2.09. The Bertz CT molecular complexity index is 1100. The molecule has 146 valence electrons. The third-order valence-corrected chi connectivity index (χ3v) is 5.92. The number of anilines is 2. The van der Waals surface area contributed by atoms with Gasteiger partial charge >= 0.3 is 6.18 Å². The van der Waals surface area contributed by atoms with E-state index in [0.29, 0.717) is 23.0 Å². The molecule has 0 radical (unpaired) electrons. The molecule has 0 aliphatic heterocycles. The highest BCUT2D eigenvalue weighted by atomic mass is 32.2. The Hall–Kier alpha value is -2.99. The zero-order valence-corrected chi connectivity index (χ0v) is 15.4. The molecule has 0 aliphatic rings. The van der Waals surface area contributed by atoms with Gasteiger partial charge in [-0.25, -0.2) is 0 Å². The number of amides is 1. The molecule has 12 heteroatoms. The third-order valence-electron chi connectivity index (χ3n) is 3.33. The standard InChI is InChI=1S/C16H11F3N4O3S2/c17-16(18,19)11-7-4-8-12(9-11)23-28(25,26)15-22-21-14(27-15)20-13(24)10-5-2-1-3-6-10/h1-9,23H,(H,20,21,24). The number of aromatic nitrogens is 2. The molecule has 0 saturated heterocycles. The van der Waals surface area contributed by atoms with E-state index in [1.807, 2.05) is 4.72 Å². The Morgan fingerprint density at radius 1 is 1.00 bits per heavy atom. The second-order valence-electron chi connectivity index (χ2n) is 5.38. The van der Waals surface area contributed by atoms with Crippen LogP contribution >= 0.6 is 11.3 Å². The van der Waals surface area contributed by atoms with Crippen LogP contribution in [0.2, 0.25) is 0 Å². The van der Waals surface area contributed by atoms with Crippen molar-refractivity contribution in [1.29, 1.82) is 0 Å². The number of benzene rings is 2. The molecule has 2 aromatic carbocycles. The summed E-state index contributed by atoms with van der Waals surface area (Å²) in [6, 6.07) is 11.9. The van der Waals surface area contributed by atoms with E-state index in [4.69, 9.17) is 0 Å². The first-order valence-electron chi connectivity index (χ1n) is 7.55. The van der Waals surface area contributed by atoms with E-state index >= 15 is 0 Å². The quantitative estimate of drug-likeness (QED) is 0.605. The van der Waals surface area contributed by atoms with Gasteiger partial charge in [-0.2, -0.15) is 21.6 Å². The van der Waals surface area contributed by atoms with Crippen molar-refractivity contribution >= 4 is 38.1 Å². The van der Waals surface area contributed by atoms with Crippen LogP contribution in [0.4, 0.5) is 24.0 Å². The number of carbonyl (C=O) groups excluding carboxylic acids is 1. The minimum Gasteiger partial charge on any atom is -0.296 e. The van der Waals surface area contributed by atoms with E-state index in [2.05, 4.69) is 15.5 Å². The molecule has 3 aromatic rings. The maximum atomic E-state index is 12.8. The van der Waals surface area contributed by atoms with Gasteiger partial charge < -0.3 is 0 Å². The van der Waals surface area contributed by atoms with Crippen LogP contribution < -0.4 is 10.0 Å². The van der Waals surface area contributed by atoms with Gasteiger partial charge in [0.25, 0.3) is 20.3 Å². The Morgan fingerprint density at radius 2 is 1.71 bits per heavy atom. The van der Waals surface area contributed by atoms with Gasteiger partial charge in [0.15, 0.2) is 0 Å². The average Bonchev–Trinajstić information content (AvgIpc) is 3.11. The molecule has 1 heterocycles. The summed E-state index contributed by atoms with van der Waals surface area (Å²) in [6.45, 7) is 0. The summed E-state index contributed by atoms with van der Waals surface area (Å²) in [5.74, 6) is -0.508. The van der Waals surface area contributed by atoms with Gasteiger partial charge in [0, 0.05) is 11.3 Å². The van der Waals surface area contributed by atoms with Crippen molar-refractivity contribution in [2.75, 3.05) is 10.0 Å².